The molecule has 0 radical (unpaired) electrons. The van der Waals surface area contributed by atoms with Crippen molar-refractivity contribution in [1.82, 2.24) is 0 Å². The molecule has 0 aliphatic carbocycles. The Bertz CT molecular complexity index is 291. The number of unbranched alkanes of at least 4 members (excludes halogenated alkanes) is 7. The predicted octanol–water partition coefficient (Wildman–Crippen LogP) is 7.07. The molecule has 0 spiro atoms. The molecule has 138 valence electrons. The average Bonchev–Trinajstić information content (AvgIpc) is 2.42. The molecule has 0 saturated carbocycles. The van der Waals surface area contributed by atoms with Crippen molar-refractivity contribution in [2.75, 3.05) is 0 Å². The molecule has 0 amide bonds. The van der Waals surface area contributed by atoms with Crippen LogP contribution in [0.3, 0.4) is 0 Å². The number of hydrogen-bond acceptors (Lipinski definition) is 1. The van der Waals surface area contributed by atoms with E-state index in [9.17, 15) is 9.90 Å². The quantitative estimate of drug-likeness (QED) is 0.346. The Morgan fingerprint density at radius 3 is 1.87 bits per heavy atom. The highest BCUT2D eigenvalue weighted by Gasteiger charge is 2.20. The molecule has 0 saturated heterocycles. The number of aliphatic carboxylic acids is 1. The van der Waals surface area contributed by atoms with E-state index in [2.05, 4.69) is 34.6 Å². The Labute approximate surface area is 145 Å². The van der Waals surface area contributed by atoms with Gasteiger partial charge in [-0.25, -0.2) is 0 Å². The highest BCUT2D eigenvalue weighted by Crippen LogP contribution is 2.28. The molecule has 1 N–H and O–H groups in total. The van der Waals surface area contributed by atoms with Gasteiger partial charge in [0.15, 0.2) is 0 Å². The number of carboxylic acids is 1. The molecule has 23 heavy (non-hydrogen) atoms. The zero-order valence-corrected chi connectivity index (χ0v) is 16.5. The lowest BCUT2D eigenvalue weighted by Gasteiger charge is -2.24. The van der Waals surface area contributed by atoms with E-state index in [1.807, 2.05) is 0 Å². The Morgan fingerprint density at radius 1 is 0.870 bits per heavy atom. The highest BCUT2D eigenvalue weighted by atomic mass is 16.4. The summed E-state index contributed by atoms with van der Waals surface area (Å²) in [6.45, 7) is 11.3. The Kier molecular flexibility index (Phi) is 12.5. The zero-order chi connectivity index (χ0) is 17.7. The molecule has 2 unspecified atom stereocenters. The normalized spacial score (nSPS) is 14.7. The van der Waals surface area contributed by atoms with Crippen LogP contribution >= 0.6 is 0 Å². The van der Waals surface area contributed by atoms with Gasteiger partial charge in [-0.05, 0) is 37.0 Å². The van der Waals surface area contributed by atoms with Crippen LogP contribution in [-0.2, 0) is 4.79 Å². The minimum absolute atomic E-state index is 0.127. The summed E-state index contributed by atoms with van der Waals surface area (Å²) in [6.07, 6.45) is 14.2. The summed E-state index contributed by atoms with van der Waals surface area (Å²) in [5, 5.41) is 9.42. The van der Waals surface area contributed by atoms with E-state index in [0.29, 0.717) is 11.3 Å². The van der Waals surface area contributed by atoms with E-state index in [-0.39, 0.29) is 5.92 Å². The van der Waals surface area contributed by atoms with Gasteiger partial charge < -0.3 is 5.11 Å². The third-order valence-corrected chi connectivity index (χ3v) is 4.72. The molecule has 0 aromatic carbocycles. The summed E-state index contributed by atoms with van der Waals surface area (Å²) in [6, 6.07) is 0. The molecule has 0 rings (SSSR count). The molecular formula is C21H42O2. The standard InChI is InChI=1S/C21H42O2/c1-6-7-8-9-10-11-12-13-14-19(20(22)23)16-15-18(2)17-21(3,4)5/h18-19H,6-17H2,1-5H3,(H,22,23). The van der Waals surface area contributed by atoms with Crippen LogP contribution in [0.4, 0.5) is 0 Å². The lowest BCUT2D eigenvalue weighted by atomic mass is 9.82. The van der Waals surface area contributed by atoms with Crippen molar-refractivity contribution in [2.45, 2.75) is 112 Å². The maximum absolute atomic E-state index is 11.4. The van der Waals surface area contributed by atoms with Crippen molar-refractivity contribution in [3.8, 4) is 0 Å². The minimum Gasteiger partial charge on any atom is -0.481 e. The van der Waals surface area contributed by atoms with Crippen molar-refractivity contribution in [3.05, 3.63) is 0 Å². The Hall–Kier alpha value is -0.530. The summed E-state index contributed by atoms with van der Waals surface area (Å²) < 4.78 is 0. The molecule has 2 heteroatoms. The smallest absolute Gasteiger partial charge is 0.306 e. The molecular weight excluding hydrogens is 284 g/mol. The fourth-order valence-corrected chi connectivity index (χ4v) is 3.55. The van der Waals surface area contributed by atoms with Crippen molar-refractivity contribution < 1.29 is 9.90 Å². The van der Waals surface area contributed by atoms with Crippen LogP contribution in [0.15, 0.2) is 0 Å². The lowest BCUT2D eigenvalue weighted by molar-refractivity contribution is -0.142. The van der Waals surface area contributed by atoms with Gasteiger partial charge in [0.1, 0.15) is 0 Å². The van der Waals surface area contributed by atoms with E-state index in [4.69, 9.17) is 0 Å². The maximum Gasteiger partial charge on any atom is 0.306 e. The Morgan fingerprint density at radius 2 is 1.39 bits per heavy atom. The van der Waals surface area contributed by atoms with Crippen LogP contribution in [0, 0.1) is 17.3 Å². The fraction of sp³-hybridized carbons (Fsp3) is 0.952. The van der Waals surface area contributed by atoms with E-state index in [1.54, 1.807) is 0 Å². The first-order valence-electron chi connectivity index (χ1n) is 9.99. The summed E-state index contributed by atoms with van der Waals surface area (Å²) in [7, 11) is 0. The summed E-state index contributed by atoms with van der Waals surface area (Å²) >= 11 is 0. The molecule has 0 aliphatic rings. The molecule has 2 atom stereocenters. The molecule has 0 aliphatic heterocycles. The average molecular weight is 327 g/mol. The zero-order valence-electron chi connectivity index (χ0n) is 16.5. The molecule has 0 heterocycles. The molecule has 0 bridgehead atoms. The monoisotopic (exact) mass is 326 g/mol. The number of hydrogen-bond donors (Lipinski definition) is 1. The van der Waals surface area contributed by atoms with Crippen LogP contribution in [-0.4, -0.2) is 11.1 Å². The largest absolute Gasteiger partial charge is 0.481 e. The van der Waals surface area contributed by atoms with Crippen molar-refractivity contribution in [1.29, 1.82) is 0 Å². The molecule has 2 nitrogen and oxygen atoms in total. The second-order valence-electron chi connectivity index (χ2n) is 8.75. The Balaban J connectivity index is 3.80. The maximum atomic E-state index is 11.4. The number of carbonyl (C=O) groups is 1. The van der Waals surface area contributed by atoms with E-state index in [1.165, 1.54) is 51.4 Å². The second-order valence-corrected chi connectivity index (χ2v) is 8.75. The van der Waals surface area contributed by atoms with E-state index >= 15 is 0 Å². The van der Waals surface area contributed by atoms with Crippen LogP contribution in [0.25, 0.3) is 0 Å². The van der Waals surface area contributed by atoms with Crippen LogP contribution < -0.4 is 0 Å². The van der Waals surface area contributed by atoms with Gasteiger partial charge in [-0.2, -0.15) is 0 Å². The molecule has 0 fully saturated rings. The number of rotatable bonds is 14. The van der Waals surface area contributed by atoms with Gasteiger partial charge in [0.05, 0.1) is 5.92 Å². The van der Waals surface area contributed by atoms with Gasteiger partial charge in [0.2, 0.25) is 0 Å². The van der Waals surface area contributed by atoms with E-state index < -0.39 is 5.97 Å². The van der Waals surface area contributed by atoms with Crippen LogP contribution in [0.2, 0.25) is 0 Å². The topological polar surface area (TPSA) is 37.3 Å². The molecule has 0 aromatic heterocycles. The number of carboxylic acid groups (broad SMARTS) is 1. The summed E-state index contributed by atoms with van der Waals surface area (Å²) in [4.78, 5) is 11.4. The first-order chi connectivity index (χ1) is 10.8. The van der Waals surface area contributed by atoms with Crippen molar-refractivity contribution in [2.24, 2.45) is 17.3 Å². The third-order valence-electron chi connectivity index (χ3n) is 4.72. The van der Waals surface area contributed by atoms with E-state index in [0.717, 1.165) is 25.7 Å². The third kappa shape index (κ3) is 14.8. The predicted molar refractivity (Wildman–Crippen MR) is 101 cm³/mol. The second kappa shape index (κ2) is 12.8. The lowest BCUT2D eigenvalue weighted by Crippen LogP contribution is -2.17. The minimum atomic E-state index is -0.587. The van der Waals surface area contributed by atoms with Gasteiger partial charge in [-0.15, -0.1) is 0 Å². The first kappa shape index (κ1) is 22.5. The van der Waals surface area contributed by atoms with Crippen molar-refractivity contribution >= 4 is 5.97 Å². The molecule has 0 aromatic rings. The summed E-state index contributed by atoms with van der Waals surface area (Å²) in [5.41, 5.74) is 0.343. The van der Waals surface area contributed by atoms with Gasteiger partial charge in [-0.1, -0.05) is 86.0 Å². The fourth-order valence-electron chi connectivity index (χ4n) is 3.55. The van der Waals surface area contributed by atoms with Gasteiger partial charge in [0.25, 0.3) is 0 Å². The van der Waals surface area contributed by atoms with Gasteiger partial charge in [0, 0.05) is 0 Å². The SMILES string of the molecule is CCCCCCCCCCC(CCC(C)CC(C)(C)C)C(=O)O. The van der Waals surface area contributed by atoms with Gasteiger partial charge in [-0.3, -0.25) is 4.79 Å². The highest BCUT2D eigenvalue weighted by molar-refractivity contribution is 5.69. The van der Waals surface area contributed by atoms with Gasteiger partial charge >= 0.3 is 5.97 Å². The van der Waals surface area contributed by atoms with Crippen LogP contribution in [0.1, 0.15) is 112 Å². The van der Waals surface area contributed by atoms with Crippen molar-refractivity contribution in [3.63, 3.8) is 0 Å². The summed E-state index contributed by atoms with van der Waals surface area (Å²) in [5.74, 6) is -0.0937. The first-order valence-corrected chi connectivity index (χ1v) is 9.99. The van der Waals surface area contributed by atoms with Crippen LogP contribution in [0.5, 0.6) is 0 Å².